The van der Waals surface area contributed by atoms with E-state index in [1.54, 1.807) is 11.3 Å². The highest BCUT2D eigenvalue weighted by Crippen LogP contribution is 2.07. The van der Waals surface area contributed by atoms with Gasteiger partial charge in [-0.2, -0.15) is 0 Å². The second-order valence-corrected chi connectivity index (χ2v) is 2.93. The summed E-state index contributed by atoms with van der Waals surface area (Å²) in [6.45, 7) is 14.1. The Balaban J connectivity index is 0. The molecule has 64 valence electrons. The zero-order valence-corrected chi connectivity index (χ0v) is 8.66. The maximum Gasteiger partial charge on any atom is 0.0896 e. The number of hydrogen-bond donors (Lipinski definition) is 0. The van der Waals surface area contributed by atoms with E-state index in [0.717, 1.165) is 5.01 Å². The lowest BCUT2D eigenvalue weighted by Gasteiger charge is -1.68. The van der Waals surface area contributed by atoms with Crippen molar-refractivity contribution in [3.63, 3.8) is 0 Å². The molecule has 0 saturated carbocycles. The van der Waals surface area contributed by atoms with E-state index in [1.165, 1.54) is 4.88 Å². The third-order valence-electron chi connectivity index (χ3n) is 0.737. The number of hydrogen-bond acceptors (Lipinski definition) is 2. The summed E-state index contributed by atoms with van der Waals surface area (Å²) < 4.78 is 0. The monoisotopic (exact) mass is 171 g/mol. The molecule has 11 heavy (non-hydrogen) atoms. The Morgan fingerprint density at radius 1 is 1.27 bits per heavy atom. The van der Waals surface area contributed by atoms with Gasteiger partial charge in [-0.3, -0.25) is 0 Å². The maximum absolute atomic E-state index is 4.03. The summed E-state index contributed by atoms with van der Waals surface area (Å²) in [5.41, 5.74) is 0. The van der Waals surface area contributed by atoms with Crippen LogP contribution in [0.3, 0.4) is 0 Å². The van der Waals surface area contributed by atoms with Crippen LogP contribution in [0.4, 0.5) is 0 Å². The average molecular weight is 171 g/mol. The molecule has 0 saturated heterocycles. The van der Waals surface area contributed by atoms with Crippen molar-refractivity contribution in [2.45, 2.75) is 27.7 Å². The predicted molar refractivity (Wildman–Crippen MR) is 54.2 cm³/mol. The summed E-state index contributed by atoms with van der Waals surface area (Å²) >= 11 is 1.73. The Morgan fingerprint density at radius 3 is 1.82 bits per heavy atom. The Morgan fingerprint density at radius 2 is 1.73 bits per heavy atom. The van der Waals surface area contributed by atoms with Gasteiger partial charge in [-0.25, -0.2) is 4.98 Å². The third-order valence-corrected chi connectivity index (χ3v) is 1.57. The van der Waals surface area contributed by atoms with Gasteiger partial charge in [0, 0.05) is 11.1 Å². The van der Waals surface area contributed by atoms with Crippen molar-refractivity contribution in [3.8, 4) is 0 Å². The molecular formula is C9H17NS. The van der Waals surface area contributed by atoms with Crippen molar-refractivity contribution in [1.82, 2.24) is 4.98 Å². The first-order valence-corrected chi connectivity index (χ1v) is 4.50. The molecule has 0 fully saturated rings. The maximum atomic E-state index is 4.03. The van der Waals surface area contributed by atoms with Crippen LogP contribution in [0.25, 0.3) is 0 Å². The minimum atomic E-state index is 1.15. The van der Waals surface area contributed by atoms with E-state index in [1.807, 2.05) is 27.0 Å². The summed E-state index contributed by atoms with van der Waals surface area (Å²) in [5.74, 6) is 0. The van der Waals surface area contributed by atoms with E-state index in [2.05, 4.69) is 25.1 Å². The van der Waals surface area contributed by atoms with Crippen molar-refractivity contribution >= 4 is 11.3 Å². The largest absolute Gasteiger partial charge is 0.250 e. The first-order valence-electron chi connectivity index (χ1n) is 3.68. The zero-order valence-electron chi connectivity index (χ0n) is 7.85. The molecule has 0 N–H and O–H groups in total. The summed E-state index contributed by atoms with van der Waals surface area (Å²) in [5, 5.41) is 1.15. The fraction of sp³-hybridized carbons (Fsp3) is 0.444. The molecule has 0 amide bonds. The van der Waals surface area contributed by atoms with E-state index in [-0.39, 0.29) is 0 Å². The summed E-state index contributed by atoms with van der Waals surface area (Å²) in [7, 11) is 0. The van der Waals surface area contributed by atoms with Crippen LogP contribution in [0.15, 0.2) is 19.4 Å². The molecule has 0 unspecified atom stereocenters. The average Bonchev–Trinajstić information content (AvgIpc) is 2.43. The standard InChI is InChI=1S/C5H7NS.C2H6.C2H4/c1-4-3-6-5(2)7-4;2*1-2/h3H,1-2H3;1-2H3;1-2H2. The third kappa shape index (κ3) is 7.26. The second kappa shape index (κ2) is 9.37. The van der Waals surface area contributed by atoms with Gasteiger partial charge in [0.15, 0.2) is 0 Å². The predicted octanol–water partition coefficient (Wildman–Crippen LogP) is 3.59. The number of rotatable bonds is 0. The molecule has 0 radical (unpaired) electrons. The van der Waals surface area contributed by atoms with Gasteiger partial charge < -0.3 is 0 Å². The van der Waals surface area contributed by atoms with Crippen LogP contribution in [-0.2, 0) is 0 Å². The fourth-order valence-corrected chi connectivity index (χ4v) is 1.14. The topological polar surface area (TPSA) is 12.9 Å². The Kier molecular flexibility index (Phi) is 11.1. The van der Waals surface area contributed by atoms with E-state index >= 15 is 0 Å². The Bertz CT molecular complexity index is 153. The molecule has 0 aliphatic heterocycles. The van der Waals surface area contributed by atoms with Crippen molar-refractivity contribution in [1.29, 1.82) is 0 Å². The highest BCUT2D eigenvalue weighted by Gasteiger charge is 1.86. The Labute approximate surface area is 73.8 Å². The van der Waals surface area contributed by atoms with Crippen LogP contribution >= 0.6 is 11.3 Å². The fourth-order valence-electron chi connectivity index (χ4n) is 0.467. The van der Waals surface area contributed by atoms with Gasteiger partial charge in [0.25, 0.3) is 0 Å². The SMILES string of the molecule is C=C.CC.Cc1cnc(C)s1. The van der Waals surface area contributed by atoms with Gasteiger partial charge in [0.2, 0.25) is 0 Å². The van der Waals surface area contributed by atoms with Gasteiger partial charge in [0.1, 0.15) is 0 Å². The van der Waals surface area contributed by atoms with Gasteiger partial charge in [-0.15, -0.1) is 24.5 Å². The zero-order chi connectivity index (χ0) is 9.28. The van der Waals surface area contributed by atoms with E-state index in [0.29, 0.717) is 0 Å². The number of aromatic nitrogens is 1. The van der Waals surface area contributed by atoms with Crippen molar-refractivity contribution in [3.05, 3.63) is 29.2 Å². The number of aryl methyl sites for hydroxylation is 2. The van der Waals surface area contributed by atoms with Gasteiger partial charge in [-0.05, 0) is 13.8 Å². The number of thiazole rings is 1. The van der Waals surface area contributed by atoms with E-state index < -0.39 is 0 Å². The molecule has 2 heteroatoms. The van der Waals surface area contributed by atoms with E-state index in [9.17, 15) is 0 Å². The molecule has 0 atom stereocenters. The van der Waals surface area contributed by atoms with Gasteiger partial charge >= 0.3 is 0 Å². The second-order valence-electron chi connectivity index (χ2n) is 1.49. The van der Waals surface area contributed by atoms with Gasteiger partial charge in [-0.1, -0.05) is 13.8 Å². The van der Waals surface area contributed by atoms with Crippen LogP contribution in [0, 0.1) is 13.8 Å². The summed E-state index contributed by atoms with van der Waals surface area (Å²) in [4.78, 5) is 5.32. The van der Waals surface area contributed by atoms with E-state index in [4.69, 9.17) is 0 Å². The lowest BCUT2D eigenvalue weighted by Crippen LogP contribution is -1.57. The molecule has 1 nitrogen and oxygen atoms in total. The van der Waals surface area contributed by atoms with Crippen LogP contribution in [0.1, 0.15) is 23.7 Å². The molecule has 1 aromatic heterocycles. The van der Waals surface area contributed by atoms with Crippen molar-refractivity contribution in [2.24, 2.45) is 0 Å². The van der Waals surface area contributed by atoms with Crippen LogP contribution < -0.4 is 0 Å². The molecule has 0 aliphatic rings. The van der Waals surface area contributed by atoms with Crippen molar-refractivity contribution < 1.29 is 0 Å². The van der Waals surface area contributed by atoms with Gasteiger partial charge in [0.05, 0.1) is 5.01 Å². The van der Waals surface area contributed by atoms with Crippen LogP contribution in [0.2, 0.25) is 0 Å². The highest BCUT2D eigenvalue weighted by molar-refractivity contribution is 7.11. The van der Waals surface area contributed by atoms with Crippen LogP contribution in [-0.4, -0.2) is 4.98 Å². The lowest BCUT2D eigenvalue weighted by atomic mass is 10.6. The normalized spacial score (nSPS) is 6.91. The van der Waals surface area contributed by atoms with Crippen LogP contribution in [0.5, 0.6) is 0 Å². The summed E-state index contributed by atoms with van der Waals surface area (Å²) in [6.07, 6.45) is 1.89. The molecule has 0 bridgehead atoms. The minimum absolute atomic E-state index is 1.15. The molecule has 1 rings (SSSR count). The quantitative estimate of drug-likeness (QED) is 0.544. The lowest BCUT2D eigenvalue weighted by molar-refractivity contribution is 1.28. The minimum Gasteiger partial charge on any atom is -0.250 e. The highest BCUT2D eigenvalue weighted by atomic mass is 32.1. The molecular weight excluding hydrogens is 154 g/mol. The molecule has 0 spiro atoms. The first-order chi connectivity index (χ1) is 5.29. The summed E-state index contributed by atoms with van der Waals surface area (Å²) in [6, 6.07) is 0. The van der Waals surface area contributed by atoms with Crippen molar-refractivity contribution in [2.75, 3.05) is 0 Å². The molecule has 0 aliphatic carbocycles. The molecule has 1 aromatic rings. The Hall–Kier alpha value is -0.630. The molecule has 1 heterocycles. The number of nitrogens with zero attached hydrogens (tertiary/aromatic N) is 1. The molecule has 0 aromatic carbocycles. The first kappa shape index (κ1) is 13.0. The smallest absolute Gasteiger partial charge is 0.0896 e.